The molecule has 3 N–H and O–H groups in total. The van der Waals surface area contributed by atoms with Gasteiger partial charge in [-0.1, -0.05) is 43.7 Å². The molecule has 0 unspecified atom stereocenters. The van der Waals surface area contributed by atoms with Crippen LogP contribution in [0.5, 0.6) is 5.75 Å². The zero-order chi connectivity index (χ0) is 15.2. The number of amides is 1. The highest BCUT2D eigenvalue weighted by Gasteiger charge is 2.19. The number of rotatable bonds is 3. The molecule has 0 spiro atoms. The second-order valence-electron chi connectivity index (χ2n) is 5.59. The van der Waals surface area contributed by atoms with Gasteiger partial charge in [-0.3, -0.25) is 4.79 Å². The summed E-state index contributed by atoms with van der Waals surface area (Å²) in [5.41, 5.74) is 6.60. The normalized spacial score (nSPS) is 16.1. The van der Waals surface area contributed by atoms with E-state index in [4.69, 9.17) is 22.1 Å². The number of nitrogens with one attached hydrogen (secondary N) is 1. The maximum absolute atomic E-state index is 12.5. The number of methoxy groups -OCH3 is 1. The van der Waals surface area contributed by atoms with Crippen molar-refractivity contribution in [2.45, 2.75) is 51.0 Å². The lowest BCUT2D eigenvalue weighted by atomic mass is 9.96. The summed E-state index contributed by atoms with van der Waals surface area (Å²) in [5, 5.41) is 3.48. The molecule has 0 bridgehead atoms. The van der Waals surface area contributed by atoms with Gasteiger partial charge in [0.05, 0.1) is 23.4 Å². The first kappa shape index (κ1) is 18.9. The predicted octanol–water partition coefficient (Wildman–Crippen LogP) is 4.20. The Morgan fingerprint density at radius 3 is 2.41 bits per heavy atom. The number of hydrogen-bond acceptors (Lipinski definition) is 3. The number of benzene rings is 1. The molecule has 1 aromatic rings. The van der Waals surface area contributed by atoms with Crippen LogP contribution in [0.25, 0.3) is 0 Å². The van der Waals surface area contributed by atoms with E-state index in [-0.39, 0.29) is 24.4 Å². The first-order valence-electron chi connectivity index (χ1n) is 7.55. The highest BCUT2D eigenvalue weighted by atomic mass is 35.5. The van der Waals surface area contributed by atoms with E-state index in [9.17, 15) is 4.79 Å². The van der Waals surface area contributed by atoms with Crippen LogP contribution in [-0.2, 0) is 0 Å². The van der Waals surface area contributed by atoms with Crippen LogP contribution in [0.3, 0.4) is 0 Å². The zero-order valence-corrected chi connectivity index (χ0v) is 14.4. The number of nitrogens with two attached hydrogens (primary N) is 1. The molecule has 0 saturated heterocycles. The molecule has 1 aromatic carbocycles. The van der Waals surface area contributed by atoms with E-state index in [1.54, 1.807) is 12.1 Å². The lowest BCUT2D eigenvalue weighted by Crippen LogP contribution is -2.35. The van der Waals surface area contributed by atoms with Crippen molar-refractivity contribution in [3.63, 3.8) is 0 Å². The molecule has 1 aliphatic carbocycles. The molecule has 0 aliphatic heterocycles. The summed E-state index contributed by atoms with van der Waals surface area (Å²) in [6.07, 6.45) is 8.23. The third kappa shape index (κ3) is 4.96. The van der Waals surface area contributed by atoms with Gasteiger partial charge in [0.25, 0.3) is 5.91 Å². The molecule has 1 fully saturated rings. The minimum Gasteiger partial charge on any atom is -0.496 e. The molecule has 22 heavy (non-hydrogen) atoms. The lowest BCUT2D eigenvalue weighted by molar-refractivity contribution is 0.0927. The minimum atomic E-state index is -0.140. The van der Waals surface area contributed by atoms with Crippen molar-refractivity contribution in [2.75, 3.05) is 12.8 Å². The Hall–Kier alpha value is -1.13. The van der Waals surface area contributed by atoms with E-state index < -0.39 is 0 Å². The van der Waals surface area contributed by atoms with Gasteiger partial charge in [0.1, 0.15) is 5.75 Å². The van der Waals surface area contributed by atoms with Crippen molar-refractivity contribution in [2.24, 2.45) is 0 Å². The monoisotopic (exact) mass is 346 g/mol. The molecule has 0 atom stereocenters. The standard InChI is InChI=1S/C16H23ClN2O2.ClH/c1-21-15-10-14(18)13(17)9-12(15)16(20)19-11-7-5-3-2-4-6-8-11;/h9-11H,2-8,18H2,1H3,(H,19,20);1H. The van der Waals surface area contributed by atoms with Gasteiger partial charge in [-0.05, 0) is 18.9 Å². The fraction of sp³-hybridized carbons (Fsp3) is 0.562. The molecule has 0 radical (unpaired) electrons. The molecule has 124 valence electrons. The molecule has 1 amide bonds. The Balaban J connectivity index is 0.00000242. The van der Waals surface area contributed by atoms with Crippen LogP contribution in [-0.4, -0.2) is 19.1 Å². The van der Waals surface area contributed by atoms with Crippen LogP contribution < -0.4 is 15.8 Å². The number of nitrogen functional groups attached to an aromatic ring is 1. The number of carbonyl (C=O) groups excluding carboxylic acids is 1. The average molecular weight is 347 g/mol. The highest BCUT2D eigenvalue weighted by Crippen LogP contribution is 2.29. The van der Waals surface area contributed by atoms with Crippen molar-refractivity contribution in [3.05, 3.63) is 22.7 Å². The van der Waals surface area contributed by atoms with Crippen molar-refractivity contribution >= 4 is 35.6 Å². The second-order valence-corrected chi connectivity index (χ2v) is 6.00. The Kier molecular flexibility index (Phi) is 7.83. The largest absolute Gasteiger partial charge is 0.496 e. The summed E-state index contributed by atoms with van der Waals surface area (Å²) in [7, 11) is 1.52. The van der Waals surface area contributed by atoms with Gasteiger partial charge in [0.15, 0.2) is 0 Å². The molecule has 6 heteroatoms. The quantitative estimate of drug-likeness (QED) is 0.806. The second kappa shape index (κ2) is 9.11. The van der Waals surface area contributed by atoms with Crippen LogP contribution >= 0.6 is 24.0 Å². The minimum absolute atomic E-state index is 0. The number of halogens is 2. The molecule has 0 aromatic heterocycles. The highest BCUT2D eigenvalue weighted by molar-refractivity contribution is 6.33. The third-order valence-electron chi connectivity index (χ3n) is 4.00. The first-order chi connectivity index (χ1) is 10.1. The van der Waals surface area contributed by atoms with E-state index in [1.165, 1.54) is 39.2 Å². The summed E-state index contributed by atoms with van der Waals surface area (Å²) >= 11 is 6.02. The average Bonchev–Trinajstić information content (AvgIpc) is 2.44. The van der Waals surface area contributed by atoms with Crippen LogP contribution in [0.4, 0.5) is 5.69 Å². The lowest BCUT2D eigenvalue weighted by Gasteiger charge is -2.21. The number of carbonyl (C=O) groups is 1. The fourth-order valence-corrected chi connectivity index (χ4v) is 2.94. The molecule has 0 heterocycles. The number of ether oxygens (including phenoxy) is 1. The van der Waals surface area contributed by atoms with Crippen LogP contribution in [0.15, 0.2) is 12.1 Å². The molecular weight excluding hydrogens is 323 g/mol. The van der Waals surface area contributed by atoms with Gasteiger partial charge in [-0.25, -0.2) is 0 Å². The van der Waals surface area contributed by atoms with Gasteiger partial charge in [0.2, 0.25) is 0 Å². The summed E-state index contributed by atoms with van der Waals surface area (Å²) in [6.45, 7) is 0. The fourth-order valence-electron chi connectivity index (χ4n) is 2.78. The predicted molar refractivity (Wildman–Crippen MR) is 93.2 cm³/mol. The van der Waals surface area contributed by atoms with Crippen molar-refractivity contribution in [1.29, 1.82) is 0 Å². The Bertz CT molecular complexity index is 501. The molecule has 2 rings (SSSR count). The Labute approximate surface area is 143 Å². The maximum Gasteiger partial charge on any atom is 0.255 e. The van der Waals surface area contributed by atoms with Crippen LogP contribution in [0, 0.1) is 0 Å². The van der Waals surface area contributed by atoms with Crippen molar-refractivity contribution in [3.8, 4) is 5.75 Å². The van der Waals surface area contributed by atoms with Gasteiger partial charge in [0, 0.05) is 12.1 Å². The van der Waals surface area contributed by atoms with Crippen molar-refractivity contribution < 1.29 is 9.53 Å². The summed E-state index contributed by atoms with van der Waals surface area (Å²) in [6, 6.07) is 3.41. The first-order valence-corrected chi connectivity index (χ1v) is 7.93. The number of hydrogen-bond donors (Lipinski definition) is 2. The van der Waals surface area contributed by atoms with Gasteiger partial charge in [-0.2, -0.15) is 0 Å². The third-order valence-corrected chi connectivity index (χ3v) is 4.33. The SMILES string of the molecule is COc1cc(N)c(Cl)cc1C(=O)NC1CCCCCCC1.Cl. The van der Waals surface area contributed by atoms with E-state index in [0.29, 0.717) is 22.0 Å². The Morgan fingerprint density at radius 2 is 1.82 bits per heavy atom. The van der Waals surface area contributed by atoms with E-state index in [0.717, 1.165) is 12.8 Å². The van der Waals surface area contributed by atoms with E-state index in [1.807, 2.05) is 0 Å². The van der Waals surface area contributed by atoms with Gasteiger partial charge in [-0.15, -0.1) is 12.4 Å². The Morgan fingerprint density at radius 1 is 1.23 bits per heavy atom. The molecular formula is C16H24Cl2N2O2. The summed E-state index contributed by atoms with van der Waals surface area (Å²) in [4.78, 5) is 12.5. The van der Waals surface area contributed by atoms with Crippen molar-refractivity contribution in [1.82, 2.24) is 5.32 Å². The molecule has 4 nitrogen and oxygen atoms in total. The topological polar surface area (TPSA) is 64.3 Å². The van der Waals surface area contributed by atoms with E-state index in [2.05, 4.69) is 5.32 Å². The maximum atomic E-state index is 12.5. The zero-order valence-electron chi connectivity index (χ0n) is 12.9. The number of anilines is 1. The van der Waals surface area contributed by atoms with Crippen LogP contribution in [0.2, 0.25) is 5.02 Å². The summed E-state index contributed by atoms with van der Waals surface area (Å²) in [5.74, 6) is 0.319. The van der Waals surface area contributed by atoms with E-state index >= 15 is 0 Å². The summed E-state index contributed by atoms with van der Waals surface area (Å²) < 4.78 is 5.24. The van der Waals surface area contributed by atoms with Gasteiger partial charge >= 0.3 is 0 Å². The van der Waals surface area contributed by atoms with Crippen LogP contribution in [0.1, 0.15) is 55.3 Å². The smallest absolute Gasteiger partial charge is 0.255 e. The molecule has 1 saturated carbocycles. The van der Waals surface area contributed by atoms with Gasteiger partial charge < -0.3 is 15.8 Å². The molecule has 1 aliphatic rings.